The van der Waals surface area contributed by atoms with Gasteiger partial charge in [0.2, 0.25) is 0 Å². The molecule has 1 aromatic carbocycles. The van der Waals surface area contributed by atoms with Crippen LogP contribution in [0, 0.1) is 0 Å². The van der Waals surface area contributed by atoms with E-state index in [0.717, 1.165) is 12.2 Å². The fourth-order valence-electron chi connectivity index (χ4n) is 1.48. The molecule has 88 valence electrons. The zero-order chi connectivity index (χ0) is 12.3. The average Bonchev–Trinajstić information content (AvgIpc) is 2.80. The van der Waals surface area contributed by atoms with E-state index in [1.54, 1.807) is 23.5 Å². The topological polar surface area (TPSA) is 81.1 Å². The number of rotatable bonds is 4. The summed E-state index contributed by atoms with van der Waals surface area (Å²) in [5.41, 5.74) is 12.5. The van der Waals surface area contributed by atoms with Gasteiger partial charge in [0.05, 0.1) is 5.56 Å². The maximum atomic E-state index is 11.1. The van der Waals surface area contributed by atoms with E-state index in [1.807, 2.05) is 23.6 Å². The third kappa shape index (κ3) is 2.76. The number of anilines is 2. The Hall–Kier alpha value is -2.01. The highest BCUT2D eigenvalue weighted by molar-refractivity contribution is 7.09. The van der Waals surface area contributed by atoms with Gasteiger partial charge in [-0.25, -0.2) is 0 Å². The van der Waals surface area contributed by atoms with Crippen LogP contribution in [-0.4, -0.2) is 5.91 Å². The lowest BCUT2D eigenvalue weighted by Crippen LogP contribution is -2.14. The second-order valence-corrected chi connectivity index (χ2v) is 4.63. The minimum absolute atomic E-state index is 0.348. The molecule has 1 heterocycles. The Bertz CT molecular complexity index is 523. The summed E-state index contributed by atoms with van der Waals surface area (Å²) < 4.78 is 0. The van der Waals surface area contributed by atoms with Crippen molar-refractivity contribution < 1.29 is 4.79 Å². The van der Waals surface area contributed by atoms with Crippen molar-refractivity contribution in [1.29, 1.82) is 0 Å². The molecule has 0 unspecified atom stereocenters. The fourth-order valence-corrected chi connectivity index (χ4v) is 2.13. The first kappa shape index (κ1) is 11.5. The van der Waals surface area contributed by atoms with Gasteiger partial charge in [-0.1, -0.05) is 6.07 Å². The summed E-state index contributed by atoms with van der Waals surface area (Å²) in [5.74, 6) is -0.512. The SMILES string of the molecule is NC(=O)c1cc(NCc2cccs2)ccc1N. The van der Waals surface area contributed by atoms with Gasteiger partial charge in [-0.15, -0.1) is 11.3 Å². The molecule has 0 saturated carbocycles. The highest BCUT2D eigenvalue weighted by Crippen LogP contribution is 2.18. The van der Waals surface area contributed by atoms with E-state index < -0.39 is 5.91 Å². The van der Waals surface area contributed by atoms with Crippen molar-refractivity contribution in [3.05, 3.63) is 46.2 Å². The number of nitrogen functional groups attached to an aromatic ring is 1. The summed E-state index contributed by atoms with van der Waals surface area (Å²) >= 11 is 1.68. The molecule has 1 amide bonds. The lowest BCUT2D eigenvalue weighted by atomic mass is 10.1. The number of amides is 1. The van der Waals surface area contributed by atoms with Crippen LogP contribution in [0.15, 0.2) is 35.7 Å². The van der Waals surface area contributed by atoms with Gasteiger partial charge >= 0.3 is 0 Å². The third-order valence-electron chi connectivity index (χ3n) is 2.37. The molecular formula is C12H13N3OS. The quantitative estimate of drug-likeness (QED) is 0.723. The zero-order valence-electron chi connectivity index (χ0n) is 9.14. The highest BCUT2D eigenvalue weighted by atomic mass is 32.1. The van der Waals surface area contributed by atoms with Crippen LogP contribution in [-0.2, 0) is 6.54 Å². The predicted octanol–water partition coefficient (Wildman–Crippen LogP) is 2.04. The van der Waals surface area contributed by atoms with E-state index in [0.29, 0.717) is 11.3 Å². The largest absolute Gasteiger partial charge is 0.398 e. The molecular weight excluding hydrogens is 234 g/mol. The van der Waals surface area contributed by atoms with Gasteiger partial charge in [0.25, 0.3) is 5.91 Å². The normalized spacial score (nSPS) is 10.1. The monoisotopic (exact) mass is 247 g/mol. The maximum absolute atomic E-state index is 11.1. The molecule has 0 fully saturated rings. The Morgan fingerprint density at radius 2 is 2.18 bits per heavy atom. The molecule has 0 bridgehead atoms. The van der Waals surface area contributed by atoms with Crippen molar-refractivity contribution in [1.82, 2.24) is 0 Å². The Morgan fingerprint density at radius 1 is 1.35 bits per heavy atom. The van der Waals surface area contributed by atoms with Gasteiger partial charge in [-0.05, 0) is 29.6 Å². The molecule has 2 aromatic rings. The standard InChI is InChI=1S/C12H13N3OS/c13-11-4-3-8(6-10(11)12(14)16)15-7-9-2-1-5-17-9/h1-6,15H,7,13H2,(H2,14,16). The van der Waals surface area contributed by atoms with Crippen LogP contribution < -0.4 is 16.8 Å². The first-order chi connectivity index (χ1) is 8.16. The molecule has 0 aliphatic heterocycles. The van der Waals surface area contributed by atoms with E-state index in [1.165, 1.54) is 4.88 Å². The third-order valence-corrected chi connectivity index (χ3v) is 3.24. The second kappa shape index (κ2) is 4.88. The number of nitrogens with two attached hydrogens (primary N) is 2. The van der Waals surface area contributed by atoms with Gasteiger partial charge in [0, 0.05) is 22.8 Å². The van der Waals surface area contributed by atoms with E-state index >= 15 is 0 Å². The number of carbonyl (C=O) groups excluding carboxylic acids is 1. The van der Waals surface area contributed by atoms with Gasteiger partial charge in [0.15, 0.2) is 0 Å². The number of thiophene rings is 1. The van der Waals surface area contributed by atoms with Gasteiger partial charge < -0.3 is 16.8 Å². The Kier molecular flexibility index (Phi) is 3.30. The number of hydrogen-bond donors (Lipinski definition) is 3. The van der Waals surface area contributed by atoms with Crippen LogP contribution in [0.25, 0.3) is 0 Å². The predicted molar refractivity (Wildman–Crippen MR) is 71.0 cm³/mol. The number of nitrogens with one attached hydrogen (secondary N) is 1. The van der Waals surface area contributed by atoms with E-state index in [2.05, 4.69) is 5.32 Å². The zero-order valence-corrected chi connectivity index (χ0v) is 9.96. The van der Waals surface area contributed by atoms with Crippen molar-refractivity contribution >= 4 is 28.6 Å². The summed E-state index contributed by atoms with van der Waals surface area (Å²) in [7, 11) is 0. The van der Waals surface area contributed by atoms with Crippen LogP contribution >= 0.6 is 11.3 Å². The Morgan fingerprint density at radius 3 is 2.82 bits per heavy atom. The van der Waals surface area contributed by atoms with Gasteiger partial charge in [-0.2, -0.15) is 0 Å². The van der Waals surface area contributed by atoms with Crippen LogP contribution in [0.4, 0.5) is 11.4 Å². The number of carbonyl (C=O) groups is 1. The van der Waals surface area contributed by atoms with Crippen molar-refractivity contribution in [2.24, 2.45) is 5.73 Å². The van der Waals surface area contributed by atoms with Crippen molar-refractivity contribution in [3.63, 3.8) is 0 Å². The summed E-state index contributed by atoms with van der Waals surface area (Å²) in [5, 5.41) is 5.24. The number of primary amides is 1. The molecule has 0 aliphatic rings. The molecule has 0 radical (unpaired) electrons. The van der Waals surface area contributed by atoms with Crippen molar-refractivity contribution in [2.75, 3.05) is 11.1 Å². The summed E-state index contributed by atoms with van der Waals surface area (Å²) in [6, 6.07) is 9.22. The molecule has 5 N–H and O–H groups in total. The Balaban J connectivity index is 2.11. The van der Waals surface area contributed by atoms with Crippen molar-refractivity contribution in [3.8, 4) is 0 Å². The van der Waals surface area contributed by atoms with E-state index in [4.69, 9.17) is 11.5 Å². The van der Waals surface area contributed by atoms with Crippen LogP contribution in [0.1, 0.15) is 15.2 Å². The molecule has 2 rings (SSSR count). The molecule has 0 aliphatic carbocycles. The van der Waals surface area contributed by atoms with E-state index in [-0.39, 0.29) is 0 Å². The number of hydrogen-bond acceptors (Lipinski definition) is 4. The summed E-state index contributed by atoms with van der Waals surface area (Å²) in [6.45, 7) is 0.722. The Labute approximate surface area is 103 Å². The molecule has 4 nitrogen and oxygen atoms in total. The molecule has 0 saturated heterocycles. The number of benzene rings is 1. The van der Waals surface area contributed by atoms with Gasteiger partial charge in [-0.3, -0.25) is 4.79 Å². The maximum Gasteiger partial charge on any atom is 0.250 e. The van der Waals surface area contributed by atoms with Crippen LogP contribution in [0.2, 0.25) is 0 Å². The van der Waals surface area contributed by atoms with Crippen LogP contribution in [0.3, 0.4) is 0 Å². The molecule has 5 heteroatoms. The lowest BCUT2D eigenvalue weighted by Gasteiger charge is -2.08. The fraction of sp³-hybridized carbons (Fsp3) is 0.0833. The summed E-state index contributed by atoms with van der Waals surface area (Å²) in [4.78, 5) is 12.3. The first-order valence-electron chi connectivity index (χ1n) is 5.12. The average molecular weight is 247 g/mol. The first-order valence-corrected chi connectivity index (χ1v) is 6.00. The summed E-state index contributed by atoms with van der Waals surface area (Å²) in [6.07, 6.45) is 0. The second-order valence-electron chi connectivity index (χ2n) is 3.60. The van der Waals surface area contributed by atoms with Gasteiger partial charge in [0.1, 0.15) is 0 Å². The molecule has 0 atom stereocenters. The highest BCUT2D eigenvalue weighted by Gasteiger charge is 2.06. The smallest absolute Gasteiger partial charge is 0.250 e. The lowest BCUT2D eigenvalue weighted by molar-refractivity contribution is 0.100. The van der Waals surface area contributed by atoms with Crippen LogP contribution in [0.5, 0.6) is 0 Å². The minimum Gasteiger partial charge on any atom is -0.398 e. The molecule has 17 heavy (non-hydrogen) atoms. The minimum atomic E-state index is -0.512. The molecule has 1 aromatic heterocycles. The van der Waals surface area contributed by atoms with E-state index in [9.17, 15) is 4.79 Å². The van der Waals surface area contributed by atoms with Crippen molar-refractivity contribution in [2.45, 2.75) is 6.54 Å². The molecule has 0 spiro atoms.